The first-order chi connectivity index (χ1) is 9.56. The minimum atomic E-state index is -0.492. The van der Waals surface area contributed by atoms with E-state index >= 15 is 0 Å². The van der Waals surface area contributed by atoms with Gasteiger partial charge in [0.05, 0.1) is 22.3 Å². The number of halogens is 3. The van der Waals surface area contributed by atoms with Crippen molar-refractivity contribution in [3.05, 3.63) is 58.1 Å². The molecule has 0 unspecified atom stereocenters. The van der Waals surface area contributed by atoms with Gasteiger partial charge in [0.1, 0.15) is 5.82 Å². The third kappa shape index (κ3) is 3.82. The second-order valence-electron chi connectivity index (χ2n) is 3.87. The lowest BCUT2D eigenvalue weighted by molar-refractivity contribution is 0.251. The number of amides is 2. The van der Waals surface area contributed by atoms with E-state index in [1.54, 1.807) is 12.1 Å². The standard InChI is InChI=1S/C13H10Cl2FN3O/c14-9-4-3-8(6-10(9)15)19-13(20)18-7-12-11(16)2-1-5-17-12/h1-6H,7H2,(H2,18,19,20). The van der Waals surface area contributed by atoms with Crippen molar-refractivity contribution in [3.8, 4) is 0 Å². The first-order valence-corrected chi connectivity index (χ1v) is 6.41. The lowest BCUT2D eigenvalue weighted by Gasteiger charge is -2.08. The molecule has 0 aliphatic heterocycles. The van der Waals surface area contributed by atoms with Crippen LogP contribution in [-0.4, -0.2) is 11.0 Å². The van der Waals surface area contributed by atoms with Crippen LogP contribution in [0.2, 0.25) is 10.0 Å². The van der Waals surface area contributed by atoms with Crippen molar-refractivity contribution in [2.75, 3.05) is 5.32 Å². The minimum Gasteiger partial charge on any atom is -0.332 e. The zero-order chi connectivity index (χ0) is 14.5. The van der Waals surface area contributed by atoms with Crippen molar-refractivity contribution in [1.29, 1.82) is 0 Å². The highest BCUT2D eigenvalue weighted by molar-refractivity contribution is 6.42. The lowest BCUT2D eigenvalue weighted by atomic mass is 10.3. The van der Waals surface area contributed by atoms with Gasteiger partial charge in [-0.1, -0.05) is 23.2 Å². The van der Waals surface area contributed by atoms with E-state index < -0.39 is 11.8 Å². The zero-order valence-corrected chi connectivity index (χ0v) is 11.7. The number of hydrogen-bond acceptors (Lipinski definition) is 2. The van der Waals surface area contributed by atoms with Gasteiger partial charge in [-0.15, -0.1) is 0 Å². The number of nitrogens with one attached hydrogen (secondary N) is 2. The first kappa shape index (κ1) is 14.6. The molecule has 0 bridgehead atoms. The van der Waals surface area contributed by atoms with E-state index in [0.717, 1.165) is 0 Å². The maximum Gasteiger partial charge on any atom is 0.319 e. The molecule has 0 saturated heterocycles. The van der Waals surface area contributed by atoms with Crippen LogP contribution in [0.5, 0.6) is 0 Å². The Morgan fingerprint density at radius 3 is 2.75 bits per heavy atom. The maximum absolute atomic E-state index is 13.3. The monoisotopic (exact) mass is 313 g/mol. The molecular weight excluding hydrogens is 304 g/mol. The molecule has 0 aliphatic carbocycles. The summed E-state index contributed by atoms with van der Waals surface area (Å²) in [5.41, 5.74) is 0.648. The highest BCUT2D eigenvalue weighted by Crippen LogP contribution is 2.24. The van der Waals surface area contributed by atoms with Gasteiger partial charge in [-0.05, 0) is 30.3 Å². The molecule has 2 aromatic rings. The second kappa shape index (κ2) is 6.54. The summed E-state index contributed by atoms with van der Waals surface area (Å²) in [5, 5.41) is 5.78. The molecule has 0 atom stereocenters. The number of nitrogens with zero attached hydrogens (tertiary/aromatic N) is 1. The van der Waals surface area contributed by atoms with Crippen molar-refractivity contribution in [2.24, 2.45) is 0 Å². The van der Waals surface area contributed by atoms with Crippen molar-refractivity contribution >= 4 is 34.9 Å². The summed E-state index contributed by atoms with van der Waals surface area (Å²) in [6, 6.07) is 6.96. The van der Waals surface area contributed by atoms with E-state index in [-0.39, 0.29) is 12.2 Å². The molecule has 0 aliphatic rings. The van der Waals surface area contributed by atoms with Crippen LogP contribution < -0.4 is 10.6 Å². The average Bonchev–Trinajstić information content (AvgIpc) is 2.42. The Labute approximate surface area is 124 Å². The lowest BCUT2D eigenvalue weighted by Crippen LogP contribution is -2.28. The Bertz CT molecular complexity index is 637. The number of anilines is 1. The Morgan fingerprint density at radius 1 is 1.25 bits per heavy atom. The molecule has 1 aromatic heterocycles. The molecule has 4 nitrogen and oxygen atoms in total. The molecule has 2 amide bonds. The molecule has 20 heavy (non-hydrogen) atoms. The number of carbonyl (C=O) groups excluding carboxylic acids is 1. The first-order valence-electron chi connectivity index (χ1n) is 5.65. The van der Waals surface area contributed by atoms with Gasteiger partial charge in [-0.25, -0.2) is 9.18 Å². The quantitative estimate of drug-likeness (QED) is 0.904. The van der Waals surface area contributed by atoms with Gasteiger partial charge >= 0.3 is 6.03 Å². The van der Waals surface area contributed by atoms with Crippen LogP contribution in [0.3, 0.4) is 0 Å². The van der Waals surface area contributed by atoms with Gasteiger partial charge in [-0.3, -0.25) is 4.98 Å². The Kier molecular flexibility index (Phi) is 4.76. The van der Waals surface area contributed by atoms with Crippen LogP contribution in [0.4, 0.5) is 14.9 Å². The number of benzene rings is 1. The van der Waals surface area contributed by atoms with Crippen LogP contribution in [0.25, 0.3) is 0 Å². The van der Waals surface area contributed by atoms with E-state index in [1.807, 2.05) is 0 Å². The third-order valence-electron chi connectivity index (χ3n) is 2.43. The van der Waals surface area contributed by atoms with Crippen molar-refractivity contribution in [1.82, 2.24) is 10.3 Å². The number of aromatic nitrogens is 1. The molecule has 1 aromatic carbocycles. The number of carbonyl (C=O) groups is 1. The van der Waals surface area contributed by atoms with Gasteiger partial charge < -0.3 is 10.6 Å². The van der Waals surface area contributed by atoms with E-state index in [0.29, 0.717) is 15.7 Å². The van der Waals surface area contributed by atoms with Crippen LogP contribution >= 0.6 is 23.2 Å². The SMILES string of the molecule is O=C(NCc1ncccc1F)Nc1ccc(Cl)c(Cl)c1. The summed E-state index contributed by atoms with van der Waals surface area (Å²) in [6.07, 6.45) is 1.46. The summed E-state index contributed by atoms with van der Waals surface area (Å²) in [7, 11) is 0. The highest BCUT2D eigenvalue weighted by atomic mass is 35.5. The number of hydrogen-bond donors (Lipinski definition) is 2. The predicted octanol–water partition coefficient (Wildman–Crippen LogP) is 3.85. The fourth-order valence-corrected chi connectivity index (χ4v) is 1.76. The minimum absolute atomic E-state index is 0.0141. The molecule has 1 heterocycles. The predicted molar refractivity (Wildman–Crippen MR) is 76.5 cm³/mol. The molecule has 104 valence electrons. The zero-order valence-electron chi connectivity index (χ0n) is 10.2. The smallest absolute Gasteiger partial charge is 0.319 e. The summed E-state index contributed by atoms with van der Waals surface area (Å²) in [4.78, 5) is 15.5. The molecule has 0 saturated carbocycles. The normalized spacial score (nSPS) is 10.2. The fourth-order valence-electron chi connectivity index (χ4n) is 1.46. The summed E-state index contributed by atoms with van der Waals surface area (Å²) in [5.74, 6) is -0.470. The van der Waals surface area contributed by atoms with Gasteiger partial charge in [-0.2, -0.15) is 0 Å². The Morgan fingerprint density at radius 2 is 2.05 bits per heavy atom. The van der Waals surface area contributed by atoms with Crippen molar-refractivity contribution in [2.45, 2.75) is 6.54 Å². The van der Waals surface area contributed by atoms with Crippen LogP contribution in [0.1, 0.15) is 5.69 Å². The van der Waals surface area contributed by atoms with Gasteiger partial charge in [0, 0.05) is 11.9 Å². The molecular formula is C13H10Cl2FN3O. The number of pyridine rings is 1. The summed E-state index contributed by atoms with van der Waals surface area (Å²) >= 11 is 11.6. The van der Waals surface area contributed by atoms with Crippen LogP contribution in [0, 0.1) is 5.82 Å². The van der Waals surface area contributed by atoms with Crippen LogP contribution in [-0.2, 0) is 6.54 Å². The Balaban J connectivity index is 1.93. The largest absolute Gasteiger partial charge is 0.332 e. The van der Waals surface area contributed by atoms with Crippen molar-refractivity contribution < 1.29 is 9.18 Å². The molecule has 7 heteroatoms. The van der Waals surface area contributed by atoms with Gasteiger partial charge in [0.2, 0.25) is 0 Å². The van der Waals surface area contributed by atoms with E-state index in [9.17, 15) is 9.18 Å². The summed E-state index contributed by atoms with van der Waals surface area (Å²) < 4.78 is 13.3. The summed E-state index contributed by atoms with van der Waals surface area (Å²) in [6.45, 7) is -0.0141. The van der Waals surface area contributed by atoms with Crippen molar-refractivity contribution in [3.63, 3.8) is 0 Å². The van der Waals surface area contributed by atoms with Gasteiger partial charge in [0.25, 0.3) is 0 Å². The Hall–Kier alpha value is -1.85. The topological polar surface area (TPSA) is 54.0 Å². The molecule has 0 fully saturated rings. The third-order valence-corrected chi connectivity index (χ3v) is 3.17. The molecule has 0 radical (unpaired) electrons. The van der Waals surface area contributed by atoms with Gasteiger partial charge in [0.15, 0.2) is 0 Å². The van der Waals surface area contributed by atoms with E-state index in [2.05, 4.69) is 15.6 Å². The number of rotatable bonds is 3. The average molecular weight is 314 g/mol. The molecule has 0 spiro atoms. The number of urea groups is 1. The van der Waals surface area contributed by atoms with Crippen LogP contribution in [0.15, 0.2) is 36.5 Å². The highest BCUT2D eigenvalue weighted by Gasteiger charge is 2.06. The fraction of sp³-hybridized carbons (Fsp3) is 0.0769. The molecule has 2 N–H and O–H groups in total. The van der Waals surface area contributed by atoms with E-state index in [4.69, 9.17) is 23.2 Å². The van der Waals surface area contributed by atoms with E-state index in [1.165, 1.54) is 24.4 Å². The second-order valence-corrected chi connectivity index (χ2v) is 4.68. The molecule has 2 rings (SSSR count). The maximum atomic E-state index is 13.3.